The fraction of sp³-hybridized carbons (Fsp3) is 0.389. The van der Waals surface area contributed by atoms with Crippen molar-refractivity contribution in [1.29, 1.82) is 0 Å². The van der Waals surface area contributed by atoms with E-state index in [1.807, 2.05) is 28.6 Å². The van der Waals surface area contributed by atoms with Crippen LogP contribution in [0.2, 0.25) is 0 Å². The fourth-order valence-electron chi connectivity index (χ4n) is 3.91. The van der Waals surface area contributed by atoms with Gasteiger partial charge >= 0.3 is 6.18 Å². The molecule has 1 saturated heterocycles. The minimum atomic E-state index is -4.21. The Hall–Kier alpha value is -1.38. The molecule has 160 valence electrons. The van der Waals surface area contributed by atoms with Crippen LogP contribution in [0.4, 0.5) is 13.2 Å². The van der Waals surface area contributed by atoms with Crippen LogP contribution in [0.5, 0.6) is 0 Å². The number of alkyl halides is 3. The van der Waals surface area contributed by atoms with Gasteiger partial charge in [-0.15, -0.1) is 0 Å². The first-order chi connectivity index (χ1) is 14.3. The average Bonchev–Trinajstić information content (AvgIpc) is 3.20. The molecule has 1 fully saturated rings. The Morgan fingerprint density at radius 3 is 2.83 bits per heavy atom. The van der Waals surface area contributed by atoms with Crippen LogP contribution in [-0.2, 0) is 6.54 Å². The monoisotopic (exact) mass is 567 g/mol. The minimum absolute atomic E-state index is 0.00531. The first-order valence-electron chi connectivity index (χ1n) is 9.15. The normalized spacial score (nSPS) is 20.7. The number of fused-ring (bicyclic) bond motifs is 1. The molecule has 12 heteroatoms. The number of benzene rings is 1. The highest BCUT2D eigenvalue weighted by Crippen LogP contribution is 2.46. The molecule has 1 aromatic carbocycles. The molecule has 0 bridgehead atoms. The molecule has 3 heterocycles. The number of aromatic nitrogens is 4. The summed E-state index contributed by atoms with van der Waals surface area (Å²) in [6.07, 6.45) is -2.69. The molecule has 2 atom stereocenters. The minimum Gasteiger partial charge on any atom is -0.339 e. The van der Waals surface area contributed by atoms with E-state index < -0.39 is 12.1 Å². The summed E-state index contributed by atoms with van der Waals surface area (Å²) in [5, 5.41) is 0. The van der Waals surface area contributed by atoms with Crippen molar-refractivity contribution >= 4 is 53.7 Å². The lowest BCUT2D eigenvalue weighted by molar-refractivity contribution is -0.186. The largest absolute Gasteiger partial charge is 0.391 e. The van der Waals surface area contributed by atoms with Crippen molar-refractivity contribution in [1.82, 2.24) is 23.8 Å². The molecule has 30 heavy (non-hydrogen) atoms. The maximum atomic E-state index is 13.4. The summed E-state index contributed by atoms with van der Waals surface area (Å²) >= 11 is 7.45. The predicted octanol–water partition coefficient (Wildman–Crippen LogP) is 5.14. The van der Waals surface area contributed by atoms with E-state index >= 15 is 0 Å². The summed E-state index contributed by atoms with van der Waals surface area (Å²) in [6.45, 7) is 0.651. The van der Waals surface area contributed by atoms with Crippen LogP contribution < -0.4 is 5.56 Å². The van der Waals surface area contributed by atoms with Crippen LogP contribution in [0.25, 0.3) is 11.2 Å². The lowest BCUT2D eigenvalue weighted by Crippen LogP contribution is -2.38. The molecule has 2 N–H and O–H groups in total. The Labute approximate surface area is 191 Å². The maximum Gasteiger partial charge on any atom is 0.391 e. The van der Waals surface area contributed by atoms with Crippen LogP contribution in [0.1, 0.15) is 30.0 Å². The number of hydrogen-bond acceptors (Lipinski definition) is 5. The van der Waals surface area contributed by atoms with Crippen molar-refractivity contribution in [3.63, 3.8) is 0 Å². The quantitative estimate of drug-likeness (QED) is 0.260. The van der Waals surface area contributed by atoms with Crippen LogP contribution in [0.3, 0.4) is 0 Å². The second-order valence-corrected chi connectivity index (χ2v) is 9.31. The lowest BCUT2D eigenvalue weighted by Gasteiger charge is -2.39. The molecule has 1 aliphatic heterocycles. The molecule has 0 amide bonds. The smallest absolute Gasteiger partial charge is 0.339 e. The van der Waals surface area contributed by atoms with Gasteiger partial charge in [0.05, 0.1) is 18.8 Å². The van der Waals surface area contributed by atoms with Gasteiger partial charge in [-0.3, -0.25) is 14.3 Å². The van der Waals surface area contributed by atoms with Gasteiger partial charge in [-0.1, -0.05) is 24.3 Å². The predicted molar refractivity (Wildman–Crippen MR) is 121 cm³/mol. The van der Waals surface area contributed by atoms with E-state index in [2.05, 4.69) is 36.2 Å². The molecule has 4 rings (SSSR count). The average molecular weight is 567 g/mol. The standard InChI is InChI=1S/C18H17F3IN5OS2/c19-18(20,21)11-5-6-27(30-22)13(7-11)12-4-2-1-3-10(12)8-26-15-14(23-9-24-15)16(28)25-17(26)29/h1-4,9,11,13H,5-8H2,(H,23,24)(H,25,28,29). The van der Waals surface area contributed by atoms with Gasteiger partial charge in [0.1, 0.15) is 5.52 Å². The molecule has 0 aliphatic carbocycles. The van der Waals surface area contributed by atoms with Gasteiger partial charge in [0.25, 0.3) is 5.56 Å². The number of H-pyrrole nitrogens is 2. The molecule has 6 nitrogen and oxygen atoms in total. The van der Waals surface area contributed by atoms with Crippen LogP contribution >= 0.6 is 42.5 Å². The third kappa shape index (κ3) is 4.18. The molecule has 0 spiro atoms. The Balaban J connectivity index is 1.75. The molecular weight excluding hydrogens is 550 g/mol. The van der Waals surface area contributed by atoms with Crippen molar-refractivity contribution < 1.29 is 13.2 Å². The van der Waals surface area contributed by atoms with E-state index in [0.717, 1.165) is 11.1 Å². The zero-order chi connectivity index (χ0) is 21.5. The molecule has 1 aliphatic rings. The number of nitrogens with one attached hydrogen (secondary N) is 2. The summed E-state index contributed by atoms with van der Waals surface area (Å²) in [5.41, 5.74) is 2.03. The number of halogens is 4. The van der Waals surface area contributed by atoms with Crippen LogP contribution in [0.15, 0.2) is 35.4 Å². The summed E-state index contributed by atoms with van der Waals surface area (Å²) < 4.78 is 44.2. The van der Waals surface area contributed by atoms with Crippen molar-refractivity contribution in [2.24, 2.45) is 5.92 Å². The van der Waals surface area contributed by atoms with E-state index in [1.165, 1.54) is 15.4 Å². The van der Waals surface area contributed by atoms with E-state index in [4.69, 9.17) is 12.2 Å². The Kier molecular flexibility index (Phi) is 6.28. The molecule has 3 aromatic rings. The van der Waals surface area contributed by atoms with Crippen LogP contribution in [-0.4, -0.2) is 36.5 Å². The highest BCUT2D eigenvalue weighted by molar-refractivity contribution is 14.2. The van der Waals surface area contributed by atoms with E-state index in [1.54, 1.807) is 4.57 Å². The topological polar surface area (TPSA) is 69.7 Å². The Morgan fingerprint density at radius 2 is 2.10 bits per heavy atom. The summed E-state index contributed by atoms with van der Waals surface area (Å²) in [5.74, 6) is -1.33. The fourth-order valence-corrected chi connectivity index (χ4v) is 6.04. The van der Waals surface area contributed by atoms with Crippen molar-refractivity contribution in [3.05, 3.63) is 56.8 Å². The third-order valence-electron chi connectivity index (χ3n) is 5.42. The molecule has 0 radical (unpaired) electrons. The van der Waals surface area contributed by atoms with E-state index in [0.29, 0.717) is 24.3 Å². The number of imidazole rings is 1. The number of piperidine rings is 1. The number of nitrogens with zero attached hydrogens (tertiary/aromatic N) is 3. The van der Waals surface area contributed by atoms with Crippen molar-refractivity contribution in [2.45, 2.75) is 31.6 Å². The summed E-state index contributed by atoms with van der Waals surface area (Å²) in [6, 6.07) is 7.06. The van der Waals surface area contributed by atoms with Gasteiger partial charge in [0.2, 0.25) is 0 Å². The first-order valence-corrected chi connectivity index (χ1v) is 12.9. The van der Waals surface area contributed by atoms with Crippen LogP contribution in [0, 0.1) is 10.7 Å². The highest BCUT2D eigenvalue weighted by atomic mass is 127. The van der Waals surface area contributed by atoms with Gasteiger partial charge in [-0.25, -0.2) is 9.29 Å². The highest BCUT2D eigenvalue weighted by Gasteiger charge is 2.45. The third-order valence-corrected chi connectivity index (χ3v) is 7.87. The number of hydrogen-bond donors (Lipinski definition) is 2. The number of rotatable bonds is 4. The molecule has 2 aromatic heterocycles. The zero-order valence-corrected chi connectivity index (χ0v) is 19.2. The summed E-state index contributed by atoms with van der Waals surface area (Å²) in [7, 11) is 1.43. The van der Waals surface area contributed by atoms with E-state index in [9.17, 15) is 18.0 Å². The number of aromatic amines is 2. The first kappa shape index (κ1) is 21.8. The molecular formula is C18H17F3IN5OS2. The van der Waals surface area contributed by atoms with Crippen molar-refractivity contribution in [3.8, 4) is 0 Å². The van der Waals surface area contributed by atoms with Crippen molar-refractivity contribution in [2.75, 3.05) is 6.54 Å². The van der Waals surface area contributed by atoms with Gasteiger partial charge in [-0.05, 0) is 45.3 Å². The molecule has 0 saturated carbocycles. The lowest BCUT2D eigenvalue weighted by atomic mass is 9.86. The van der Waals surface area contributed by atoms with Gasteiger partial charge in [0, 0.05) is 33.8 Å². The Bertz CT molecular complexity index is 1170. The second-order valence-electron chi connectivity index (χ2n) is 7.13. The van der Waals surface area contributed by atoms with Gasteiger partial charge in [0.15, 0.2) is 10.4 Å². The zero-order valence-electron chi connectivity index (χ0n) is 15.4. The van der Waals surface area contributed by atoms with Gasteiger partial charge < -0.3 is 4.98 Å². The maximum absolute atomic E-state index is 13.4. The Morgan fingerprint density at radius 1 is 1.33 bits per heavy atom. The SMILES string of the molecule is O=c1[nH]c(=S)n(Cc2ccccc2C2CC(C(F)(F)F)CCN2SI)c2nc[nH]c12. The second kappa shape index (κ2) is 8.63. The van der Waals surface area contributed by atoms with E-state index in [-0.39, 0.29) is 29.2 Å². The molecule has 2 unspecified atom stereocenters. The summed E-state index contributed by atoms with van der Waals surface area (Å²) in [4.78, 5) is 21.7. The van der Waals surface area contributed by atoms with Gasteiger partial charge in [-0.2, -0.15) is 13.2 Å².